The number of aliphatic hydroxyl groups excluding tert-OH is 1. The Hall–Kier alpha value is -3.97. The summed E-state index contributed by atoms with van der Waals surface area (Å²) in [5.74, 6) is -4.86. The molecular formula is C24H31N5O8. The van der Waals surface area contributed by atoms with Gasteiger partial charge >= 0.3 is 11.9 Å². The zero-order chi connectivity index (χ0) is 27.3. The van der Waals surface area contributed by atoms with E-state index in [2.05, 4.69) is 15.6 Å². The van der Waals surface area contributed by atoms with Gasteiger partial charge in [-0.05, 0) is 31.4 Å². The van der Waals surface area contributed by atoms with E-state index < -0.39 is 66.4 Å². The van der Waals surface area contributed by atoms with Crippen molar-refractivity contribution in [2.45, 2.75) is 62.9 Å². The van der Waals surface area contributed by atoms with Gasteiger partial charge in [-0.25, -0.2) is 4.79 Å². The number of nitrogens with zero attached hydrogens (tertiary/aromatic N) is 1. The van der Waals surface area contributed by atoms with Crippen molar-refractivity contribution in [3.05, 3.63) is 36.0 Å². The van der Waals surface area contributed by atoms with E-state index in [0.717, 1.165) is 10.9 Å². The largest absolute Gasteiger partial charge is 0.481 e. The highest BCUT2D eigenvalue weighted by Gasteiger charge is 2.38. The maximum absolute atomic E-state index is 13.2. The molecule has 1 aliphatic rings. The van der Waals surface area contributed by atoms with E-state index in [-0.39, 0.29) is 19.4 Å². The summed E-state index contributed by atoms with van der Waals surface area (Å²) in [5, 5.41) is 33.8. The number of hydrogen-bond acceptors (Lipinski definition) is 7. The number of carboxylic acid groups (broad SMARTS) is 2. The number of aliphatic carboxylic acids is 2. The van der Waals surface area contributed by atoms with E-state index in [1.165, 1.54) is 11.8 Å². The number of aliphatic hydroxyl groups is 1. The lowest BCUT2D eigenvalue weighted by Gasteiger charge is -2.28. The molecule has 5 unspecified atom stereocenters. The van der Waals surface area contributed by atoms with Crippen LogP contribution in [0.25, 0.3) is 10.9 Å². The highest BCUT2D eigenvalue weighted by Crippen LogP contribution is 2.21. The molecule has 5 atom stereocenters. The molecule has 0 radical (unpaired) electrons. The number of carboxylic acids is 2. The first-order valence-electron chi connectivity index (χ1n) is 11.8. The van der Waals surface area contributed by atoms with Crippen LogP contribution in [-0.2, 0) is 30.4 Å². The molecule has 0 spiro atoms. The fraction of sp³-hybridized carbons (Fsp3) is 0.458. The maximum Gasteiger partial charge on any atom is 0.328 e. The second-order valence-electron chi connectivity index (χ2n) is 9.08. The topological polar surface area (TPSA) is 215 Å². The molecule has 200 valence electrons. The van der Waals surface area contributed by atoms with E-state index in [1.807, 2.05) is 24.3 Å². The Morgan fingerprint density at radius 3 is 2.51 bits per heavy atom. The Bertz CT molecular complexity index is 1180. The lowest BCUT2D eigenvalue weighted by Crippen LogP contribution is -2.58. The Morgan fingerprint density at radius 2 is 1.86 bits per heavy atom. The number of benzene rings is 1. The van der Waals surface area contributed by atoms with Gasteiger partial charge in [-0.15, -0.1) is 0 Å². The van der Waals surface area contributed by atoms with Crippen molar-refractivity contribution in [1.29, 1.82) is 0 Å². The number of carbonyl (C=O) groups excluding carboxylic acids is 3. The molecular weight excluding hydrogens is 486 g/mol. The summed E-state index contributed by atoms with van der Waals surface area (Å²) in [6, 6.07) is 2.17. The molecule has 2 heterocycles. The molecule has 1 aromatic heterocycles. The average Bonchev–Trinajstić information content (AvgIpc) is 3.48. The number of para-hydroxylation sites is 1. The van der Waals surface area contributed by atoms with Gasteiger partial charge in [0.25, 0.3) is 0 Å². The standard InChI is InChI=1S/C24H31N5O8/c1-12(30)20(24(36)37)28-21(33)17(9-13-11-26-16-6-3-2-5-14(13)16)27-22(34)18-7-4-8-29(18)23(35)15(25)10-19(31)32/h2-3,5-6,11-12,15,17-18,20,26,30H,4,7-10,25H2,1H3,(H,27,34)(H,28,33)(H,31,32)(H,36,37). The number of aromatic nitrogens is 1. The number of nitrogens with one attached hydrogen (secondary N) is 3. The second-order valence-corrected chi connectivity index (χ2v) is 9.08. The molecule has 13 nitrogen and oxygen atoms in total. The minimum Gasteiger partial charge on any atom is -0.481 e. The molecule has 0 bridgehead atoms. The van der Waals surface area contributed by atoms with Crippen LogP contribution in [0.5, 0.6) is 0 Å². The third-order valence-corrected chi connectivity index (χ3v) is 6.33. The predicted octanol–water partition coefficient (Wildman–Crippen LogP) is -1.06. The molecule has 37 heavy (non-hydrogen) atoms. The summed E-state index contributed by atoms with van der Waals surface area (Å²) < 4.78 is 0. The molecule has 0 saturated carbocycles. The zero-order valence-corrected chi connectivity index (χ0v) is 20.2. The summed E-state index contributed by atoms with van der Waals surface area (Å²) >= 11 is 0. The van der Waals surface area contributed by atoms with E-state index in [1.54, 1.807) is 6.20 Å². The normalized spacial score (nSPS) is 18.6. The number of nitrogens with two attached hydrogens (primary N) is 1. The van der Waals surface area contributed by atoms with Crippen LogP contribution in [0.15, 0.2) is 30.5 Å². The van der Waals surface area contributed by atoms with Gasteiger partial charge in [-0.1, -0.05) is 18.2 Å². The number of aromatic amines is 1. The molecule has 1 aromatic carbocycles. The molecule has 2 aromatic rings. The number of fused-ring (bicyclic) bond motifs is 1. The highest BCUT2D eigenvalue weighted by atomic mass is 16.4. The molecule has 1 saturated heterocycles. The first-order chi connectivity index (χ1) is 17.5. The monoisotopic (exact) mass is 517 g/mol. The Labute approximate surface area is 212 Å². The summed E-state index contributed by atoms with van der Waals surface area (Å²) in [6.07, 6.45) is 0.440. The number of carbonyl (C=O) groups is 5. The summed E-state index contributed by atoms with van der Waals surface area (Å²) in [4.78, 5) is 65.8. The van der Waals surface area contributed by atoms with Gasteiger partial charge in [0.05, 0.1) is 18.6 Å². The molecule has 0 aliphatic carbocycles. The number of amides is 3. The lowest BCUT2D eigenvalue weighted by molar-refractivity contribution is -0.145. The van der Waals surface area contributed by atoms with Crippen molar-refractivity contribution in [3.8, 4) is 0 Å². The quantitative estimate of drug-likeness (QED) is 0.193. The van der Waals surface area contributed by atoms with Crippen LogP contribution >= 0.6 is 0 Å². The van der Waals surface area contributed by atoms with Gasteiger partial charge in [0.1, 0.15) is 12.1 Å². The predicted molar refractivity (Wildman–Crippen MR) is 130 cm³/mol. The zero-order valence-electron chi connectivity index (χ0n) is 20.2. The lowest BCUT2D eigenvalue weighted by atomic mass is 10.0. The fourth-order valence-electron chi connectivity index (χ4n) is 4.43. The van der Waals surface area contributed by atoms with Crippen LogP contribution in [-0.4, -0.2) is 91.7 Å². The third-order valence-electron chi connectivity index (χ3n) is 6.33. The van der Waals surface area contributed by atoms with Gasteiger partial charge in [-0.2, -0.15) is 0 Å². The van der Waals surface area contributed by atoms with Crippen LogP contribution in [0.2, 0.25) is 0 Å². The minimum absolute atomic E-state index is 0.00701. The van der Waals surface area contributed by atoms with Crippen molar-refractivity contribution in [1.82, 2.24) is 20.5 Å². The van der Waals surface area contributed by atoms with Gasteiger partial charge in [0.15, 0.2) is 6.04 Å². The third kappa shape index (κ3) is 6.62. The van der Waals surface area contributed by atoms with E-state index in [0.29, 0.717) is 12.0 Å². The van der Waals surface area contributed by atoms with Gasteiger partial charge in [-0.3, -0.25) is 19.2 Å². The Balaban J connectivity index is 1.83. The number of likely N-dealkylation sites (tertiary alicyclic amines) is 1. The van der Waals surface area contributed by atoms with Crippen molar-refractivity contribution < 1.29 is 39.3 Å². The van der Waals surface area contributed by atoms with E-state index >= 15 is 0 Å². The van der Waals surface area contributed by atoms with Crippen LogP contribution < -0.4 is 16.4 Å². The summed E-state index contributed by atoms with van der Waals surface area (Å²) in [5.41, 5.74) is 7.20. The fourth-order valence-corrected chi connectivity index (χ4v) is 4.43. The number of H-pyrrole nitrogens is 1. The SMILES string of the molecule is CC(O)C(NC(=O)C(Cc1c[nH]c2ccccc12)NC(=O)C1CCCN1C(=O)C(N)CC(=O)O)C(=O)O. The van der Waals surface area contributed by atoms with Crippen molar-refractivity contribution in [2.75, 3.05) is 6.54 Å². The molecule has 3 amide bonds. The maximum atomic E-state index is 13.2. The van der Waals surface area contributed by atoms with Gasteiger partial charge in [0, 0.05) is 30.1 Å². The smallest absolute Gasteiger partial charge is 0.328 e. The van der Waals surface area contributed by atoms with Crippen molar-refractivity contribution in [3.63, 3.8) is 0 Å². The Morgan fingerprint density at radius 1 is 1.16 bits per heavy atom. The van der Waals surface area contributed by atoms with Crippen molar-refractivity contribution in [2.24, 2.45) is 5.73 Å². The van der Waals surface area contributed by atoms with E-state index in [9.17, 15) is 34.2 Å². The van der Waals surface area contributed by atoms with Crippen LogP contribution in [0.1, 0.15) is 31.7 Å². The summed E-state index contributed by atoms with van der Waals surface area (Å²) in [7, 11) is 0. The molecule has 3 rings (SSSR count). The van der Waals surface area contributed by atoms with E-state index in [4.69, 9.17) is 10.8 Å². The van der Waals surface area contributed by atoms with Gasteiger partial charge < -0.3 is 41.6 Å². The minimum atomic E-state index is -1.60. The number of hydrogen-bond donors (Lipinski definition) is 7. The van der Waals surface area contributed by atoms with Crippen molar-refractivity contribution >= 4 is 40.6 Å². The first kappa shape index (κ1) is 27.6. The summed E-state index contributed by atoms with van der Waals surface area (Å²) in [6.45, 7) is 1.42. The molecule has 8 N–H and O–H groups in total. The Kier molecular flexibility index (Phi) is 8.84. The molecule has 1 fully saturated rings. The highest BCUT2D eigenvalue weighted by molar-refractivity contribution is 5.95. The second kappa shape index (κ2) is 11.8. The average molecular weight is 518 g/mol. The molecule has 1 aliphatic heterocycles. The van der Waals surface area contributed by atoms with Crippen LogP contribution in [0.3, 0.4) is 0 Å². The van der Waals surface area contributed by atoms with Gasteiger partial charge in [0.2, 0.25) is 17.7 Å². The number of rotatable bonds is 11. The van der Waals surface area contributed by atoms with Crippen LogP contribution in [0.4, 0.5) is 0 Å². The van der Waals surface area contributed by atoms with Crippen LogP contribution in [0, 0.1) is 0 Å². The first-order valence-corrected chi connectivity index (χ1v) is 11.8. The molecule has 13 heteroatoms.